The molecule has 3 aromatic carbocycles. The number of nitrogens with one attached hydrogen (secondary N) is 1. The van der Waals surface area contributed by atoms with Gasteiger partial charge in [0.25, 0.3) is 0 Å². The predicted octanol–water partition coefficient (Wildman–Crippen LogP) is 4.02. The number of alkyl halides is 3. The molecule has 2 aliphatic rings. The lowest BCUT2D eigenvalue weighted by Crippen LogP contribution is -2.33. The molecule has 47 heavy (non-hydrogen) atoms. The Kier molecular flexibility index (Phi) is 8.27. The number of hydrogen-bond acceptors (Lipinski definition) is 9. The van der Waals surface area contributed by atoms with E-state index in [9.17, 15) is 40.8 Å². The van der Waals surface area contributed by atoms with Crippen LogP contribution in [0.3, 0.4) is 0 Å². The second-order valence-electron chi connectivity index (χ2n) is 10.6. The number of thioether (sulfide) groups is 1. The lowest BCUT2D eigenvalue weighted by Gasteiger charge is -2.30. The minimum absolute atomic E-state index is 0.163. The summed E-state index contributed by atoms with van der Waals surface area (Å²) in [6, 6.07) is 15.7. The van der Waals surface area contributed by atoms with Crippen LogP contribution in [-0.2, 0) is 37.1 Å². The zero-order chi connectivity index (χ0) is 33.8. The average molecular weight is 705 g/mol. The molecule has 244 valence electrons. The number of methoxy groups -OCH3 is 1. The molecule has 3 atom stereocenters. The second-order valence-corrected chi connectivity index (χ2v) is 14.3. The van der Waals surface area contributed by atoms with E-state index in [1.165, 1.54) is 42.0 Å². The molecule has 6 rings (SSSR count). The number of fused-ring (bicyclic) bond motifs is 2. The number of ether oxygens (including phenoxy) is 1. The highest BCUT2D eigenvalue weighted by molar-refractivity contribution is 8.00. The summed E-state index contributed by atoms with van der Waals surface area (Å²) in [6.07, 6.45) is -4.71. The molecule has 1 saturated heterocycles. The Bertz CT molecular complexity index is 2080. The number of sulfonamides is 1. The third kappa shape index (κ3) is 6.06. The standard InChI is InChI=1S/C30H23F3N4O7S3/c1-44-19-9-5-15(6-10-19)22-23-24(27(40)37(26(23)39)18-4-2-3-16(13-18)30(31,32)33)45-28-25(22)46-29(41)36(28)14-21(38)35-17-7-11-20(12-8-17)47(34,42)43/h2-13,22-24H,14H2,1H3,(H,35,38)(H2,34,42,43)/t22-,23?,24?/m1/s1. The molecule has 0 bridgehead atoms. The molecule has 1 aromatic heterocycles. The number of benzene rings is 3. The van der Waals surface area contributed by atoms with Crippen molar-refractivity contribution in [2.45, 2.75) is 33.8 Å². The van der Waals surface area contributed by atoms with Crippen molar-refractivity contribution in [2.24, 2.45) is 11.1 Å². The number of anilines is 2. The molecule has 2 aliphatic heterocycles. The van der Waals surface area contributed by atoms with Gasteiger partial charge >= 0.3 is 11.0 Å². The van der Waals surface area contributed by atoms with Crippen LogP contribution in [0.25, 0.3) is 0 Å². The SMILES string of the molecule is COc1ccc([C@H]2c3sc(=O)n(CC(=O)Nc4ccc(S(N)(=O)=O)cc4)c3SC3C(=O)N(c4cccc(C(F)(F)F)c4)C(=O)C32)cc1. The van der Waals surface area contributed by atoms with Crippen molar-refractivity contribution in [1.29, 1.82) is 0 Å². The fourth-order valence-electron chi connectivity index (χ4n) is 5.57. The first-order chi connectivity index (χ1) is 22.2. The van der Waals surface area contributed by atoms with E-state index in [-0.39, 0.29) is 21.3 Å². The van der Waals surface area contributed by atoms with Crippen LogP contribution in [0.4, 0.5) is 24.5 Å². The van der Waals surface area contributed by atoms with Crippen LogP contribution in [0.2, 0.25) is 0 Å². The van der Waals surface area contributed by atoms with Crippen molar-refractivity contribution < 1.29 is 40.7 Å². The summed E-state index contributed by atoms with van der Waals surface area (Å²) in [7, 11) is -2.48. The first kappa shape index (κ1) is 32.5. The number of rotatable bonds is 7. The molecule has 0 spiro atoms. The Hall–Kier alpha value is -4.45. The summed E-state index contributed by atoms with van der Waals surface area (Å²) in [6.45, 7) is -0.485. The van der Waals surface area contributed by atoms with Gasteiger partial charge in [0.1, 0.15) is 17.5 Å². The van der Waals surface area contributed by atoms with Gasteiger partial charge < -0.3 is 10.1 Å². The summed E-state index contributed by atoms with van der Waals surface area (Å²) in [5, 5.41) is 6.85. The van der Waals surface area contributed by atoms with Gasteiger partial charge in [0, 0.05) is 16.5 Å². The molecule has 17 heteroatoms. The van der Waals surface area contributed by atoms with E-state index in [2.05, 4.69) is 5.32 Å². The number of imide groups is 1. The maximum atomic E-state index is 14.0. The predicted molar refractivity (Wildman–Crippen MR) is 167 cm³/mol. The van der Waals surface area contributed by atoms with E-state index >= 15 is 0 Å². The Balaban J connectivity index is 1.38. The van der Waals surface area contributed by atoms with E-state index < -0.39 is 68.0 Å². The number of halogens is 3. The van der Waals surface area contributed by atoms with Crippen LogP contribution in [0.5, 0.6) is 5.75 Å². The van der Waals surface area contributed by atoms with Gasteiger partial charge in [-0.25, -0.2) is 18.5 Å². The van der Waals surface area contributed by atoms with Crippen molar-refractivity contribution in [3.63, 3.8) is 0 Å². The van der Waals surface area contributed by atoms with Gasteiger partial charge in [0.15, 0.2) is 0 Å². The Labute approximate surface area is 273 Å². The molecule has 3 amide bonds. The highest BCUT2D eigenvalue weighted by atomic mass is 32.2. The minimum Gasteiger partial charge on any atom is -0.497 e. The summed E-state index contributed by atoms with van der Waals surface area (Å²) in [5.74, 6) is -3.51. The quantitative estimate of drug-likeness (QED) is 0.273. The van der Waals surface area contributed by atoms with Gasteiger partial charge in [-0.2, -0.15) is 13.2 Å². The average Bonchev–Trinajstić information content (AvgIpc) is 3.46. The molecule has 3 N–H and O–H groups in total. The van der Waals surface area contributed by atoms with E-state index in [1.807, 2.05) is 0 Å². The van der Waals surface area contributed by atoms with Gasteiger partial charge in [-0.15, -0.1) is 0 Å². The molecule has 3 heterocycles. The number of amides is 3. The summed E-state index contributed by atoms with van der Waals surface area (Å²) >= 11 is 1.71. The van der Waals surface area contributed by atoms with Gasteiger partial charge in [0.2, 0.25) is 27.7 Å². The molecule has 0 aliphatic carbocycles. The summed E-state index contributed by atoms with van der Waals surface area (Å²) in [4.78, 5) is 54.7. The highest BCUT2D eigenvalue weighted by Crippen LogP contribution is 2.54. The van der Waals surface area contributed by atoms with Crippen LogP contribution >= 0.6 is 23.1 Å². The maximum Gasteiger partial charge on any atom is 0.416 e. The smallest absolute Gasteiger partial charge is 0.416 e. The molecule has 2 unspecified atom stereocenters. The number of carbonyl (C=O) groups excluding carboxylic acids is 3. The van der Waals surface area contributed by atoms with Crippen molar-refractivity contribution in [2.75, 3.05) is 17.3 Å². The molecule has 4 aromatic rings. The number of thiazole rings is 1. The lowest BCUT2D eigenvalue weighted by molar-refractivity contribution is -0.137. The van der Waals surface area contributed by atoms with Gasteiger partial charge in [-0.1, -0.05) is 41.3 Å². The van der Waals surface area contributed by atoms with Crippen molar-refractivity contribution >= 4 is 62.2 Å². The Morgan fingerprint density at radius 3 is 2.30 bits per heavy atom. The highest BCUT2D eigenvalue weighted by Gasteiger charge is 2.57. The minimum atomic E-state index is -4.71. The Morgan fingerprint density at radius 2 is 1.68 bits per heavy atom. The van der Waals surface area contributed by atoms with E-state index in [4.69, 9.17) is 9.88 Å². The molecule has 11 nitrogen and oxygen atoms in total. The molecule has 0 saturated carbocycles. The fraction of sp³-hybridized carbons (Fsp3) is 0.200. The third-order valence-electron chi connectivity index (χ3n) is 7.72. The number of aromatic nitrogens is 1. The normalized spacial score (nSPS) is 19.3. The van der Waals surface area contributed by atoms with Gasteiger partial charge in [0.05, 0.1) is 34.2 Å². The van der Waals surface area contributed by atoms with Crippen LogP contribution < -0.4 is 25.0 Å². The van der Waals surface area contributed by atoms with Crippen LogP contribution in [0.1, 0.15) is 21.9 Å². The first-order valence-electron chi connectivity index (χ1n) is 13.7. The second kappa shape index (κ2) is 12.0. The van der Waals surface area contributed by atoms with Crippen molar-refractivity contribution in [1.82, 2.24) is 4.57 Å². The number of nitrogens with two attached hydrogens (primary N) is 1. The zero-order valence-electron chi connectivity index (χ0n) is 24.1. The Morgan fingerprint density at radius 1 is 1.00 bits per heavy atom. The summed E-state index contributed by atoms with van der Waals surface area (Å²) in [5.41, 5.74) is -0.464. The van der Waals surface area contributed by atoms with Crippen LogP contribution in [-0.4, -0.2) is 43.1 Å². The zero-order valence-corrected chi connectivity index (χ0v) is 26.5. The molecular formula is C30H23F3N4O7S3. The third-order valence-corrected chi connectivity index (χ3v) is 11.3. The molecule has 1 fully saturated rings. The molecular weight excluding hydrogens is 682 g/mol. The number of hydrogen-bond donors (Lipinski definition) is 2. The summed E-state index contributed by atoms with van der Waals surface area (Å²) < 4.78 is 70.1. The monoisotopic (exact) mass is 704 g/mol. The maximum absolute atomic E-state index is 14.0. The first-order valence-corrected chi connectivity index (χ1v) is 16.9. The van der Waals surface area contributed by atoms with Gasteiger partial charge in [-0.05, 0) is 60.2 Å². The van der Waals surface area contributed by atoms with Gasteiger partial charge in [-0.3, -0.25) is 23.7 Å². The van der Waals surface area contributed by atoms with Crippen molar-refractivity contribution in [3.05, 3.63) is 98.5 Å². The number of carbonyl (C=O) groups is 3. The van der Waals surface area contributed by atoms with Crippen LogP contribution in [0.15, 0.2) is 87.5 Å². The largest absolute Gasteiger partial charge is 0.497 e. The fourth-order valence-corrected chi connectivity index (χ4v) is 8.86. The molecule has 0 radical (unpaired) electrons. The lowest BCUT2D eigenvalue weighted by atomic mass is 9.83. The van der Waals surface area contributed by atoms with E-state index in [0.717, 1.165) is 46.2 Å². The van der Waals surface area contributed by atoms with E-state index in [0.29, 0.717) is 16.2 Å². The number of primary sulfonamides is 1. The van der Waals surface area contributed by atoms with Crippen molar-refractivity contribution in [3.8, 4) is 5.75 Å². The number of nitrogens with zero attached hydrogens (tertiary/aromatic N) is 2. The topological polar surface area (TPSA) is 158 Å². The van der Waals surface area contributed by atoms with Crippen LogP contribution in [0, 0.1) is 5.92 Å². The van der Waals surface area contributed by atoms with E-state index in [1.54, 1.807) is 24.3 Å².